The van der Waals surface area contributed by atoms with E-state index in [0.29, 0.717) is 18.1 Å². The molecule has 6 heteroatoms. The Balaban J connectivity index is 2.04. The Kier molecular flexibility index (Phi) is 3.66. The first kappa shape index (κ1) is 13.1. The van der Waals surface area contributed by atoms with Gasteiger partial charge in [0, 0.05) is 24.8 Å². The lowest BCUT2D eigenvalue weighted by molar-refractivity contribution is 0.0702. The first-order chi connectivity index (χ1) is 9.75. The second-order valence-electron chi connectivity index (χ2n) is 4.45. The van der Waals surface area contributed by atoms with Gasteiger partial charge in [0.25, 0.3) is 0 Å². The maximum atomic E-state index is 11.2. The van der Waals surface area contributed by atoms with E-state index in [4.69, 9.17) is 4.74 Å². The van der Waals surface area contributed by atoms with Gasteiger partial charge in [-0.3, -0.25) is 4.98 Å². The molecule has 0 saturated carbocycles. The summed E-state index contributed by atoms with van der Waals surface area (Å²) in [5, 5.41) is 10.2. The lowest BCUT2D eigenvalue weighted by Crippen LogP contribution is -2.35. The van der Waals surface area contributed by atoms with Crippen LogP contribution in [-0.4, -0.2) is 42.4 Å². The summed E-state index contributed by atoms with van der Waals surface area (Å²) in [5.74, 6) is -0.897. The molecule has 1 fully saturated rings. The SMILES string of the molecule is O=C(O)c1cc(-c2ccccn2)c(N2CCOCC2)s1. The Morgan fingerprint density at radius 2 is 2.15 bits per heavy atom. The minimum atomic E-state index is -0.897. The number of anilines is 1. The van der Waals surface area contributed by atoms with Crippen LogP contribution in [0, 0.1) is 0 Å². The lowest BCUT2D eigenvalue weighted by Gasteiger charge is -2.28. The van der Waals surface area contributed by atoms with Crippen LogP contribution in [0.4, 0.5) is 5.00 Å². The zero-order valence-corrected chi connectivity index (χ0v) is 11.6. The third-order valence-corrected chi connectivity index (χ3v) is 4.35. The van der Waals surface area contributed by atoms with Gasteiger partial charge >= 0.3 is 5.97 Å². The minimum Gasteiger partial charge on any atom is -0.477 e. The van der Waals surface area contributed by atoms with E-state index in [1.807, 2.05) is 18.2 Å². The second-order valence-corrected chi connectivity index (χ2v) is 5.48. The van der Waals surface area contributed by atoms with Crippen LogP contribution >= 0.6 is 11.3 Å². The fourth-order valence-corrected chi connectivity index (χ4v) is 3.25. The quantitative estimate of drug-likeness (QED) is 0.940. The molecule has 0 aliphatic carbocycles. The first-order valence-corrected chi connectivity index (χ1v) is 7.18. The summed E-state index contributed by atoms with van der Waals surface area (Å²) in [5.41, 5.74) is 1.69. The monoisotopic (exact) mass is 290 g/mol. The predicted molar refractivity (Wildman–Crippen MR) is 77.5 cm³/mol. The molecular formula is C14H14N2O3S. The van der Waals surface area contributed by atoms with Crippen molar-refractivity contribution < 1.29 is 14.6 Å². The Bertz CT molecular complexity index is 606. The Morgan fingerprint density at radius 3 is 2.80 bits per heavy atom. The van der Waals surface area contributed by atoms with E-state index < -0.39 is 5.97 Å². The van der Waals surface area contributed by atoms with Gasteiger partial charge in [-0.05, 0) is 18.2 Å². The third-order valence-electron chi connectivity index (χ3n) is 3.16. The predicted octanol–water partition coefficient (Wildman–Crippen LogP) is 2.34. The highest BCUT2D eigenvalue weighted by Crippen LogP contribution is 2.38. The highest BCUT2D eigenvalue weighted by Gasteiger charge is 2.21. The molecule has 3 heterocycles. The van der Waals surface area contributed by atoms with Crippen molar-refractivity contribution in [3.05, 3.63) is 35.3 Å². The number of hydrogen-bond acceptors (Lipinski definition) is 5. The van der Waals surface area contributed by atoms with Gasteiger partial charge in [0.2, 0.25) is 0 Å². The van der Waals surface area contributed by atoms with Crippen molar-refractivity contribution in [1.29, 1.82) is 0 Å². The number of aromatic carboxylic acids is 1. The minimum absolute atomic E-state index is 0.340. The smallest absolute Gasteiger partial charge is 0.345 e. The molecular weight excluding hydrogens is 276 g/mol. The van der Waals surface area contributed by atoms with Gasteiger partial charge in [-0.2, -0.15) is 0 Å². The first-order valence-electron chi connectivity index (χ1n) is 6.37. The number of rotatable bonds is 3. The molecule has 0 unspecified atom stereocenters. The number of nitrogens with zero attached hydrogens (tertiary/aromatic N) is 2. The largest absolute Gasteiger partial charge is 0.477 e. The third kappa shape index (κ3) is 2.52. The van der Waals surface area contributed by atoms with Crippen molar-refractivity contribution in [3.63, 3.8) is 0 Å². The van der Waals surface area contributed by atoms with Gasteiger partial charge in [0.15, 0.2) is 0 Å². The molecule has 0 bridgehead atoms. The highest BCUT2D eigenvalue weighted by molar-refractivity contribution is 7.18. The van der Waals surface area contributed by atoms with E-state index in [-0.39, 0.29) is 0 Å². The van der Waals surface area contributed by atoms with Crippen LogP contribution in [-0.2, 0) is 4.74 Å². The van der Waals surface area contributed by atoms with Gasteiger partial charge in [0.1, 0.15) is 9.88 Å². The van der Waals surface area contributed by atoms with Gasteiger partial charge in [-0.25, -0.2) is 4.79 Å². The molecule has 0 atom stereocenters. The van der Waals surface area contributed by atoms with Crippen LogP contribution in [0.25, 0.3) is 11.3 Å². The van der Waals surface area contributed by atoms with Gasteiger partial charge < -0.3 is 14.7 Å². The van der Waals surface area contributed by atoms with Crippen LogP contribution in [0.2, 0.25) is 0 Å². The number of carboxylic acids is 1. The molecule has 1 N–H and O–H groups in total. The number of ether oxygens (including phenoxy) is 1. The summed E-state index contributed by atoms with van der Waals surface area (Å²) in [6.07, 6.45) is 1.72. The van der Waals surface area contributed by atoms with Crippen molar-refractivity contribution >= 4 is 22.3 Å². The van der Waals surface area contributed by atoms with Crippen molar-refractivity contribution in [2.45, 2.75) is 0 Å². The van der Waals surface area contributed by atoms with Crippen molar-refractivity contribution in [1.82, 2.24) is 4.98 Å². The molecule has 0 aromatic carbocycles. The zero-order chi connectivity index (χ0) is 13.9. The van der Waals surface area contributed by atoms with E-state index >= 15 is 0 Å². The molecule has 0 spiro atoms. The number of pyridine rings is 1. The van der Waals surface area contributed by atoms with Gasteiger partial charge in [-0.15, -0.1) is 11.3 Å². The van der Waals surface area contributed by atoms with Crippen LogP contribution in [0.3, 0.4) is 0 Å². The van der Waals surface area contributed by atoms with Gasteiger partial charge in [-0.1, -0.05) is 6.07 Å². The summed E-state index contributed by atoms with van der Waals surface area (Å²) in [4.78, 5) is 18.1. The summed E-state index contributed by atoms with van der Waals surface area (Å²) in [6.45, 7) is 2.89. The molecule has 1 saturated heterocycles. The number of thiophene rings is 1. The Hall–Kier alpha value is -1.92. The molecule has 104 valence electrons. The lowest BCUT2D eigenvalue weighted by atomic mass is 10.2. The van der Waals surface area contributed by atoms with E-state index in [1.54, 1.807) is 12.3 Å². The molecule has 3 rings (SSSR count). The topological polar surface area (TPSA) is 62.7 Å². The molecule has 1 aliphatic rings. The van der Waals surface area contributed by atoms with Gasteiger partial charge in [0.05, 0.1) is 18.9 Å². The Labute approximate surface area is 120 Å². The number of morpholine rings is 1. The molecule has 1 aliphatic heterocycles. The van der Waals surface area contributed by atoms with E-state index in [1.165, 1.54) is 11.3 Å². The number of aromatic nitrogens is 1. The fraction of sp³-hybridized carbons (Fsp3) is 0.286. The van der Waals surface area contributed by atoms with Crippen molar-refractivity contribution in [2.24, 2.45) is 0 Å². The molecule has 0 radical (unpaired) electrons. The number of carbonyl (C=O) groups is 1. The maximum Gasteiger partial charge on any atom is 0.345 e. The van der Waals surface area contributed by atoms with E-state index in [0.717, 1.165) is 29.3 Å². The fourth-order valence-electron chi connectivity index (χ4n) is 2.19. The van der Waals surface area contributed by atoms with Crippen molar-refractivity contribution in [2.75, 3.05) is 31.2 Å². The van der Waals surface area contributed by atoms with Crippen LogP contribution in [0.1, 0.15) is 9.67 Å². The summed E-state index contributed by atoms with van der Waals surface area (Å²) < 4.78 is 5.35. The molecule has 2 aromatic rings. The average Bonchev–Trinajstić information content (AvgIpc) is 2.94. The van der Waals surface area contributed by atoms with Crippen molar-refractivity contribution in [3.8, 4) is 11.3 Å². The molecule has 0 amide bonds. The van der Waals surface area contributed by atoms with Crippen LogP contribution in [0.15, 0.2) is 30.5 Å². The molecule has 5 nitrogen and oxygen atoms in total. The van der Waals surface area contributed by atoms with E-state index in [9.17, 15) is 9.90 Å². The van der Waals surface area contributed by atoms with E-state index in [2.05, 4.69) is 9.88 Å². The number of carboxylic acid groups (broad SMARTS) is 1. The standard InChI is InChI=1S/C14H14N2O3S/c17-14(18)12-9-10(11-3-1-2-4-15-11)13(20-12)16-5-7-19-8-6-16/h1-4,9H,5-8H2,(H,17,18). The number of hydrogen-bond donors (Lipinski definition) is 1. The second kappa shape index (κ2) is 5.60. The highest BCUT2D eigenvalue weighted by atomic mass is 32.1. The summed E-state index contributed by atoms with van der Waals surface area (Å²) in [7, 11) is 0. The zero-order valence-electron chi connectivity index (χ0n) is 10.8. The average molecular weight is 290 g/mol. The maximum absolute atomic E-state index is 11.2. The summed E-state index contributed by atoms with van der Waals surface area (Å²) >= 11 is 1.30. The Morgan fingerprint density at radius 1 is 1.35 bits per heavy atom. The molecule has 2 aromatic heterocycles. The summed E-state index contributed by atoms with van der Waals surface area (Å²) in [6, 6.07) is 7.36. The van der Waals surface area contributed by atoms with Crippen LogP contribution in [0.5, 0.6) is 0 Å². The molecule has 20 heavy (non-hydrogen) atoms. The normalized spacial score (nSPS) is 15.3. The van der Waals surface area contributed by atoms with Crippen LogP contribution < -0.4 is 4.90 Å².